The third-order valence-corrected chi connectivity index (χ3v) is 6.50. The monoisotopic (exact) mass is 395 g/mol. The smallest absolute Gasteiger partial charge is 0.313 e. The Balaban J connectivity index is 1.81. The Morgan fingerprint density at radius 1 is 1.35 bits per heavy atom. The molecule has 1 aliphatic heterocycles. The largest absolute Gasteiger partial charge is 0.481 e. The van der Waals surface area contributed by atoms with Gasteiger partial charge in [0.25, 0.3) is 11.5 Å². The quantitative estimate of drug-likeness (QED) is 0.726. The van der Waals surface area contributed by atoms with Crippen LogP contribution >= 0.6 is 23.1 Å². The van der Waals surface area contributed by atoms with Gasteiger partial charge in [-0.1, -0.05) is 6.42 Å². The highest BCUT2D eigenvalue weighted by Gasteiger charge is 2.22. The van der Waals surface area contributed by atoms with E-state index in [0.717, 1.165) is 31.5 Å². The molecule has 9 heteroatoms. The van der Waals surface area contributed by atoms with Gasteiger partial charge in [-0.3, -0.25) is 19.0 Å². The van der Waals surface area contributed by atoms with Crippen molar-refractivity contribution in [3.05, 3.63) is 26.6 Å². The van der Waals surface area contributed by atoms with Crippen molar-refractivity contribution < 1.29 is 14.7 Å². The summed E-state index contributed by atoms with van der Waals surface area (Å²) >= 11 is 2.51. The average molecular weight is 396 g/mol. The predicted molar refractivity (Wildman–Crippen MR) is 103 cm³/mol. The second kappa shape index (κ2) is 8.22. The molecule has 0 atom stereocenters. The molecule has 140 valence electrons. The topological polar surface area (TPSA) is 101 Å². The van der Waals surface area contributed by atoms with Gasteiger partial charge < -0.3 is 10.4 Å². The van der Waals surface area contributed by atoms with E-state index in [1.807, 2.05) is 0 Å². The zero-order chi connectivity index (χ0) is 18.7. The maximum Gasteiger partial charge on any atom is 0.313 e. The number of nitrogens with zero attached hydrogens (tertiary/aromatic N) is 2. The second-order valence-corrected chi connectivity index (χ2v) is 8.34. The van der Waals surface area contributed by atoms with Gasteiger partial charge in [0.1, 0.15) is 10.7 Å². The van der Waals surface area contributed by atoms with Crippen molar-refractivity contribution in [2.75, 3.05) is 18.1 Å². The lowest BCUT2D eigenvalue weighted by Crippen LogP contribution is -2.26. The molecule has 1 aliphatic rings. The Morgan fingerprint density at radius 3 is 2.92 bits per heavy atom. The minimum atomic E-state index is -0.868. The van der Waals surface area contributed by atoms with Crippen molar-refractivity contribution in [2.24, 2.45) is 0 Å². The zero-order valence-corrected chi connectivity index (χ0v) is 16.2. The van der Waals surface area contributed by atoms with Crippen molar-refractivity contribution in [1.29, 1.82) is 0 Å². The van der Waals surface area contributed by atoms with Crippen molar-refractivity contribution in [3.63, 3.8) is 0 Å². The van der Waals surface area contributed by atoms with Crippen LogP contribution in [0.2, 0.25) is 0 Å². The van der Waals surface area contributed by atoms with Gasteiger partial charge in [-0.05, 0) is 25.3 Å². The number of thioether (sulfide) groups is 1. The number of rotatable bonds is 6. The fourth-order valence-electron chi connectivity index (χ4n) is 3.10. The molecule has 0 unspecified atom stereocenters. The summed E-state index contributed by atoms with van der Waals surface area (Å²) < 4.78 is 1.76. The van der Waals surface area contributed by atoms with Gasteiger partial charge in [-0.25, -0.2) is 4.98 Å². The highest BCUT2D eigenvalue weighted by molar-refractivity contribution is 7.99. The average Bonchev–Trinajstić information content (AvgIpc) is 2.77. The molecule has 0 saturated carbocycles. The van der Waals surface area contributed by atoms with Gasteiger partial charge in [0.2, 0.25) is 0 Å². The molecule has 3 rings (SSSR count). The van der Waals surface area contributed by atoms with Crippen LogP contribution in [0.3, 0.4) is 0 Å². The van der Waals surface area contributed by atoms with Crippen LogP contribution in [-0.4, -0.2) is 44.6 Å². The number of hydrogen-bond donors (Lipinski definition) is 2. The molecule has 2 aromatic heterocycles. The van der Waals surface area contributed by atoms with Gasteiger partial charge >= 0.3 is 5.97 Å². The van der Waals surface area contributed by atoms with Crippen LogP contribution in [0.15, 0.2) is 4.79 Å². The predicted octanol–water partition coefficient (Wildman–Crippen LogP) is 2.04. The molecule has 0 bridgehead atoms. The van der Waals surface area contributed by atoms with Crippen LogP contribution < -0.4 is 10.9 Å². The molecular weight excluding hydrogens is 374 g/mol. The Hall–Kier alpha value is -1.87. The summed E-state index contributed by atoms with van der Waals surface area (Å²) in [5, 5.41) is 11.9. The maximum atomic E-state index is 12.9. The number of carboxylic acid groups (broad SMARTS) is 1. The summed E-state index contributed by atoms with van der Waals surface area (Å²) in [6, 6.07) is 0. The van der Waals surface area contributed by atoms with E-state index in [4.69, 9.17) is 5.11 Å². The first-order valence-electron chi connectivity index (χ1n) is 8.59. The maximum absolute atomic E-state index is 12.9. The number of fused-ring (bicyclic) bond motifs is 2. The number of carbonyl (C=O) groups excluding carboxylic acids is 1. The zero-order valence-electron chi connectivity index (χ0n) is 14.5. The summed E-state index contributed by atoms with van der Waals surface area (Å²) in [6.45, 7) is 2.86. The number of aliphatic carboxylic acids is 1. The lowest BCUT2D eigenvalue weighted by molar-refractivity contribution is -0.133. The van der Waals surface area contributed by atoms with Crippen LogP contribution in [0.25, 0.3) is 10.2 Å². The fraction of sp³-hybridized carbons (Fsp3) is 0.529. The molecule has 26 heavy (non-hydrogen) atoms. The number of thiophene rings is 1. The van der Waals surface area contributed by atoms with Crippen LogP contribution in [0.5, 0.6) is 0 Å². The van der Waals surface area contributed by atoms with Gasteiger partial charge in [0.15, 0.2) is 0 Å². The minimum absolute atomic E-state index is 0.0179. The van der Waals surface area contributed by atoms with E-state index in [1.165, 1.54) is 23.1 Å². The third-order valence-electron chi connectivity index (χ3n) is 4.38. The SMILES string of the molecule is Cc1c(C(=O)NCCSCC(=O)O)sc2nc3n(c(=O)c12)CCCCC3. The number of carbonyl (C=O) groups is 2. The molecule has 0 fully saturated rings. The number of nitrogens with one attached hydrogen (secondary N) is 1. The highest BCUT2D eigenvalue weighted by Crippen LogP contribution is 2.28. The van der Waals surface area contributed by atoms with Gasteiger partial charge in [-0.15, -0.1) is 23.1 Å². The van der Waals surface area contributed by atoms with Gasteiger partial charge in [0.05, 0.1) is 16.0 Å². The molecule has 0 saturated heterocycles. The second-order valence-electron chi connectivity index (χ2n) is 6.23. The van der Waals surface area contributed by atoms with E-state index in [-0.39, 0.29) is 17.2 Å². The molecule has 3 heterocycles. The van der Waals surface area contributed by atoms with Gasteiger partial charge in [-0.2, -0.15) is 0 Å². The van der Waals surface area contributed by atoms with Crippen molar-refractivity contribution in [2.45, 2.75) is 39.2 Å². The minimum Gasteiger partial charge on any atom is -0.481 e. The van der Waals surface area contributed by atoms with Crippen LogP contribution in [0, 0.1) is 6.92 Å². The van der Waals surface area contributed by atoms with Crippen molar-refractivity contribution in [3.8, 4) is 0 Å². The lowest BCUT2D eigenvalue weighted by Gasteiger charge is -2.08. The van der Waals surface area contributed by atoms with Crippen molar-refractivity contribution >= 4 is 45.2 Å². The van der Waals surface area contributed by atoms with Crippen LogP contribution in [0.1, 0.15) is 40.3 Å². The fourth-order valence-corrected chi connectivity index (χ4v) is 4.78. The van der Waals surface area contributed by atoms with Crippen molar-refractivity contribution in [1.82, 2.24) is 14.9 Å². The van der Waals surface area contributed by atoms with Gasteiger partial charge in [0, 0.05) is 25.3 Å². The van der Waals surface area contributed by atoms with E-state index in [2.05, 4.69) is 10.3 Å². The van der Waals surface area contributed by atoms with E-state index in [1.54, 1.807) is 11.5 Å². The summed E-state index contributed by atoms with van der Waals surface area (Å²) in [5.74, 6) is 0.258. The number of aryl methyl sites for hydroxylation is 2. The normalized spacial score (nSPS) is 14.0. The van der Waals surface area contributed by atoms with E-state index in [9.17, 15) is 14.4 Å². The molecule has 7 nitrogen and oxygen atoms in total. The Labute approximate surface area is 158 Å². The summed E-state index contributed by atoms with van der Waals surface area (Å²) in [7, 11) is 0. The molecule has 1 amide bonds. The van der Waals surface area contributed by atoms with E-state index in [0.29, 0.717) is 39.5 Å². The van der Waals surface area contributed by atoms with E-state index >= 15 is 0 Å². The lowest BCUT2D eigenvalue weighted by atomic mass is 10.2. The van der Waals surface area contributed by atoms with Crippen LogP contribution in [0.4, 0.5) is 0 Å². The summed E-state index contributed by atoms with van der Waals surface area (Å²) in [5.41, 5.74) is 0.634. The molecule has 0 aliphatic carbocycles. The Kier molecular flexibility index (Phi) is 5.98. The molecule has 2 N–H and O–H groups in total. The summed E-state index contributed by atoms with van der Waals surface area (Å²) in [6.07, 6.45) is 3.90. The van der Waals surface area contributed by atoms with Crippen LogP contribution in [-0.2, 0) is 17.8 Å². The number of carboxylic acids is 1. The first-order valence-corrected chi connectivity index (χ1v) is 10.6. The highest BCUT2D eigenvalue weighted by atomic mass is 32.2. The third kappa shape index (κ3) is 3.93. The molecular formula is C17H21N3O4S2. The molecule has 0 aromatic carbocycles. The molecule has 2 aromatic rings. The molecule has 0 radical (unpaired) electrons. The Morgan fingerprint density at radius 2 is 2.15 bits per heavy atom. The number of aromatic nitrogens is 2. The Bertz CT molecular complexity index is 904. The molecule has 0 spiro atoms. The van der Waals surface area contributed by atoms with E-state index < -0.39 is 5.97 Å². The standard InChI is InChI=1S/C17H21N3O4S2/c1-10-13-16(19-11-5-3-2-4-7-20(11)17(13)24)26-14(10)15(23)18-6-8-25-9-12(21)22/h2-9H2,1H3,(H,18,23)(H,21,22). The number of amides is 1. The summed E-state index contributed by atoms with van der Waals surface area (Å²) in [4.78, 5) is 41.6. The first-order chi connectivity index (χ1) is 12.5. The first kappa shape index (κ1) is 18.9. The number of hydrogen-bond acceptors (Lipinski definition) is 6.